The number of carboxylic acid groups (broad SMARTS) is 1. The molecule has 0 spiro atoms. The highest BCUT2D eigenvalue weighted by atomic mass is 16.4. The zero-order chi connectivity index (χ0) is 13.7. The molecule has 0 amide bonds. The third-order valence-corrected chi connectivity index (χ3v) is 2.86. The predicted octanol–water partition coefficient (Wildman–Crippen LogP) is 2.05. The average Bonchev–Trinajstić information content (AvgIpc) is 2.84. The Labute approximate surface area is 112 Å². The first-order valence-electron chi connectivity index (χ1n) is 6.23. The van der Waals surface area contributed by atoms with Gasteiger partial charge in [-0.25, -0.2) is 13.9 Å². The van der Waals surface area contributed by atoms with Gasteiger partial charge in [-0.1, -0.05) is 31.2 Å². The third-order valence-electron chi connectivity index (χ3n) is 2.86. The zero-order valence-corrected chi connectivity index (χ0v) is 10.9. The summed E-state index contributed by atoms with van der Waals surface area (Å²) in [6.45, 7) is 2.11. The number of aryl methyl sites for hydroxylation is 1. The molecule has 1 aromatic heterocycles. The molecule has 1 aromatic carbocycles. The lowest BCUT2D eigenvalue weighted by Gasteiger charge is -1.96. The Morgan fingerprint density at radius 2 is 2.11 bits per heavy atom. The molecule has 0 aliphatic rings. The van der Waals surface area contributed by atoms with Crippen LogP contribution in [-0.2, 0) is 17.8 Å². The number of carboxylic acids is 1. The van der Waals surface area contributed by atoms with Crippen molar-refractivity contribution in [2.75, 3.05) is 0 Å². The molecule has 0 unspecified atom stereocenters. The van der Waals surface area contributed by atoms with Crippen molar-refractivity contribution in [1.82, 2.24) is 4.57 Å². The van der Waals surface area contributed by atoms with Crippen LogP contribution < -0.4 is 4.57 Å². The minimum absolute atomic E-state index is 0.0218. The van der Waals surface area contributed by atoms with Crippen molar-refractivity contribution < 1.29 is 14.5 Å². The summed E-state index contributed by atoms with van der Waals surface area (Å²) in [5.41, 5.74) is 2.44. The number of rotatable bonds is 5. The van der Waals surface area contributed by atoms with Crippen LogP contribution >= 0.6 is 0 Å². The molecule has 98 valence electrons. The van der Waals surface area contributed by atoms with Gasteiger partial charge in [0, 0.05) is 0 Å². The summed E-state index contributed by atoms with van der Waals surface area (Å²) in [6, 6.07) is 8.37. The third kappa shape index (κ3) is 3.81. The van der Waals surface area contributed by atoms with Crippen molar-refractivity contribution in [3.05, 3.63) is 54.1 Å². The minimum Gasteiger partial charge on any atom is -0.478 e. The first-order valence-corrected chi connectivity index (χ1v) is 6.23. The summed E-state index contributed by atoms with van der Waals surface area (Å²) in [6.07, 6.45) is 10.2. The van der Waals surface area contributed by atoms with Crippen LogP contribution in [0.5, 0.6) is 0 Å². The summed E-state index contributed by atoms with van der Waals surface area (Å²) in [7, 11) is 0. The molecule has 0 bridgehead atoms. The van der Waals surface area contributed by atoms with E-state index in [2.05, 4.69) is 31.2 Å². The molecule has 0 fully saturated rings. The standard InChI is InChI=1S/C15H16N2O2/c1-2-13-3-5-14(6-4-13)7-8-16-9-10-17(12-16)11-15(18)19/h3-10,12H,2,11H2,1H3/p+1. The highest BCUT2D eigenvalue weighted by Crippen LogP contribution is 2.07. The van der Waals surface area contributed by atoms with Gasteiger partial charge in [0.25, 0.3) is 0 Å². The summed E-state index contributed by atoms with van der Waals surface area (Å²) in [4.78, 5) is 10.6. The van der Waals surface area contributed by atoms with Crippen LogP contribution in [0.3, 0.4) is 0 Å². The molecule has 0 radical (unpaired) electrons. The number of hydrogen-bond donors (Lipinski definition) is 1. The van der Waals surface area contributed by atoms with Crippen LogP contribution in [0.1, 0.15) is 18.1 Å². The van der Waals surface area contributed by atoms with Crippen molar-refractivity contribution in [2.24, 2.45) is 0 Å². The molecule has 1 heterocycles. The zero-order valence-electron chi connectivity index (χ0n) is 10.9. The van der Waals surface area contributed by atoms with Crippen LogP contribution in [0.15, 0.2) is 43.0 Å². The molecule has 2 aromatic rings. The van der Waals surface area contributed by atoms with Gasteiger partial charge in [-0.3, -0.25) is 0 Å². The second-order valence-electron chi connectivity index (χ2n) is 4.34. The number of aliphatic carboxylic acids is 1. The fourth-order valence-corrected chi connectivity index (χ4v) is 1.79. The first-order chi connectivity index (χ1) is 9.17. The SMILES string of the molecule is CCc1ccc(C=Cn2cc[n+](CC(=O)O)c2)cc1. The fraction of sp³-hybridized carbons (Fsp3) is 0.200. The molecule has 0 saturated heterocycles. The first kappa shape index (κ1) is 13.1. The van der Waals surface area contributed by atoms with Crippen molar-refractivity contribution in [1.29, 1.82) is 0 Å². The summed E-state index contributed by atoms with van der Waals surface area (Å²) < 4.78 is 3.45. The molecule has 0 aliphatic carbocycles. The molecule has 19 heavy (non-hydrogen) atoms. The van der Waals surface area contributed by atoms with Crippen LogP contribution in [0.4, 0.5) is 0 Å². The van der Waals surface area contributed by atoms with Gasteiger partial charge in [0.05, 0.1) is 6.20 Å². The maximum atomic E-state index is 10.6. The average molecular weight is 257 g/mol. The van der Waals surface area contributed by atoms with E-state index in [0.29, 0.717) is 0 Å². The summed E-state index contributed by atoms with van der Waals surface area (Å²) in [5.74, 6) is -0.845. The number of nitrogens with zero attached hydrogens (tertiary/aromatic N) is 2. The monoisotopic (exact) mass is 257 g/mol. The van der Waals surface area contributed by atoms with E-state index in [-0.39, 0.29) is 6.54 Å². The Balaban J connectivity index is 2.04. The number of carbonyl (C=O) groups is 1. The van der Waals surface area contributed by atoms with Gasteiger partial charge in [-0.2, -0.15) is 0 Å². The van der Waals surface area contributed by atoms with Crippen LogP contribution in [0, 0.1) is 0 Å². The van der Waals surface area contributed by atoms with Crippen molar-refractivity contribution in [3.8, 4) is 0 Å². The minimum atomic E-state index is -0.845. The smallest absolute Gasteiger partial charge is 0.346 e. The summed E-state index contributed by atoms with van der Waals surface area (Å²) >= 11 is 0. The van der Waals surface area contributed by atoms with Crippen molar-refractivity contribution in [2.45, 2.75) is 19.9 Å². The highest BCUT2D eigenvalue weighted by Gasteiger charge is 2.05. The van der Waals surface area contributed by atoms with E-state index in [1.807, 2.05) is 23.0 Å². The lowest BCUT2D eigenvalue weighted by Crippen LogP contribution is -2.35. The lowest BCUT2D eigenvalue weighted by atomic mass is 10.1. The molecular formula is C15H17N2O2+. The normalized spacial score (nSPS) is 11.0. The van der Waals surface area contributed by atoms with Gasteiger partial charge in [0.2, 0.25) is 6.33 Å². The highest BCUT2D eigenvalue weighted by molar-refractivity contribution is 5.64. The predicted molar refractivity (Wildman–Crippen MR) is 73.3 cm³/mol. The maximum absolute atomic E-state index is 10.6. The molecule has 4 heteroatoms. The molecule has 0 saturated carbocycles. The van der Waals surface area contributed by atoms with Crippen LogP contribution in [0.25, 0.3) is 12.3 Å². The van der Waals surface area contributed by atoms with Crippen molar-refractivity contribution >= 4 is 18.2 Å². The Morgan fingerprint density at radius 3 is 2.74 bits per heavy atom. The van der Waals surface area contributed by atoms with E-state index in [4.69, 9.17) is 5.11 Å². The van der Waals surface area contributed by atoms with Gasteiger partial charge in [-0.15, -0.1) is 0 Å². The van der Waals surface area contributed by atoms with Gasteiger partial charge in [0.15, 0.2) is 6.54 Å². The summed E-state index contributed by atoms with van der Waals surface area (Å²) in [5, 5.41) is 8.69. The second-order valence-corrected chi connectivity index (χ2v) is 4.34. The fourth-order valence-electron chi connectivity index (χ4n) is 1.79. The topological polar surface area (TPSA) is 46.1 Å². The molecule has 1 N–H and O–H groups in total. The Morgan fingerprint density at radius 1 is 1.37 bits per heavy atom. The molecule has 0 aliphatic heterocycles. The molecular weight excluding hydrogens is 240 g/mol. The largest absolute Gasteiger partial charge is 0.478 e. The maximum Gasteiger partial charge on any atom is 0.346 e. The van der Waals surface area contributed by atoms with Crippen LogP contribution in [-0.4, -0.2) is 15.6 Å². The van der Waals surface area contributed by atoms with Crippen molar-refractivity contribution in [3.63, 3.8) is 0 Å². The number of imidazole rings is 1. The van der Waals surface area contributed by atoms with E-state index in [0.717, 1.165) is 12.0 Å². The van der Waals surface area contributed by atoms with Gasteiger partial charge in [0.1, 0.15) is 12.4 Å². The molecule has 0 atom stereocenters. The number of benzene rings is 1. The Bertz CT molecular complexity index is 582. The molecule has 4 nitrogen and oxygen atoms in total. The van der Waals surface area contributed by atoms with Crippen LogP contribution in [0.2, 0.25) is 0 Å². The van der Waals surface area contributed by atoms with E-state index in [9.17, 15) is 4.79 Å². The Kier molecular flexibility index (Phi) is 4.13. The number of aromatic nitrogens is 2. The Hall–Kier alpha value is -2.36. The quantitative estimate of drug-likeness (QED) is 0.833. The van der Waals surface area contributed by atoms with E-state index >= 15 is 0 Å². The van der Waals surface area contributed by atoms with E-state index in [1.165, 1.54) is 5.56 Å². The van der Waals surface area contributed by atoms with E-state index < -0.39 is 5.97 Å². The number of hydrogen-bond acceptors (Lipinski definition) is 1. The second kappa shape index (κ2) is 6.00. The molecule has 2 rings (SSSR count). The van der Waals surface area contributed by atoms with Gasteiger partial charge in [-0.05, 0) is 23.6 Å². The van der Waals surface area contributed by atoms with Gasteiger partial charge < -0.3 is 5.11 Å². The van der Waals surface area contributed by atoms with Gasteiger partial charge >= 0.3 is 5.97 Å². The van der Waals surface area contributed by atoms with E-state index in [1.54, 1.807) is 17.1 Å². The lowest BCUT2D eigenvalue weighted by molar-refractivity contribution is -0.684.